The normalized spacial score (nSPS) is 13.8. The molecule has 0 fully saturated rings. The van der Waals surface area contributed by atoms with Crippen molar-refractivity contribution in [1.82, 2.24) is 0 Å². The zero-order chi connectivity index (χ0) is 12.5. The summed E-state index contributed by atoms with van der Waals surface area (Å²) >= 11 is 0. The van der Waals surface area contributed by atoms with E-state index in [1.165, 1.54) is 0 Å². The number of carbonyl (C=O) groups is 1. The van der Waals surface area contributed by atoms with Gasteiger partial charge in [0.05, 0.1) is 6.54 Å². The van der Waals surface area contributed by atoms with Crippen LogP contribution in [0.5, 0.6) is 0 Å². The van der Waals surface area contributed by atoms with E-state index in [0.29, 0.717) is 13.1 Å². The first kappa shape index (κ1) is 11.0. The van der Waals surface area contributed by atoms with Gasteiger partial charge in [-0.3, -0.25) is 4.79 Å². The molecule has 0 bridgehead atoms. The van der Waals surface area contributed by atoms with Gasteiger partial charge in [-0.1, -0.05) is 30.3 Å². The molecule has 0 radical (unpaired) electrons. The van der Waals surface area contributed by atoms with Crippen molar-refractivity contribution in [3.05, 3.63) is 65.2 Å². The molecule has 2 aromatic rings. The van der Waals surface area contributed by atoms with Crippen LogP contribution < -0.4 is 10.6 Å². The average molecular weight is 238 g/mol. The zero-order valence-electron chi connectivity index (χ0n) is 9.97. The van der Waals surface area contributed by atoms with Crippen LogP contribution in [-0.4, -0.2) is 5.91 Å². The van der Waals surface area contributed by atoms with Gasteiger partial charge in [0.25, 0.3) is 5.91 Å². The molecule has 90 valence electrons. The van der Waals surface area contributed by atoms with E-state index in [1.54, 1.807) is 4.90 Å². The Morgan fingerprint density at radius 1 is 1.11 bits per heavy atom. The smallest absolute Gasteiger partial charge is 0.258 e. The summed E-state index contributed by atoms with van der Waals surface area (Å²) in [5.41, 5.74) is 9.47. The first-order valence-electron chi connectivity index (χ1n) is 5.98. The predicted octanol–water partition coefficient (Wildman–Crippen LogP) is 2.31. The third-order valence-corrected chi connectivity index (χ3v) is 3.28. The van der Waals surface area contributed by atoms with E-state index >= 15 is 0 Å². The predicted molar refractivity (Wildman–Crippen MR) is 71.3 cm³/mol. The highest BCUT2D eigenvalue weighted by molar-refractivity contribution is 6.09. The molecular weight excluding hydrogens is 224 g/mol. The number of nitrogens with zero attached hydrogens (tertiary/aromatic N) is 1. The van der Waals surface area contributed by atoms with Gasteiger partial charge in [0.1, 0.15) is 0 Å². The van der Waals surface area contributed by atoms with Crippen LogP contribution in [0.25, 0.3) is 0 Å². The Bertz CT molecular complexity index is 607. The second-order valence-corrected chi connectivity index (χ2v) is 4.42. The second-order valence-electron chi connectivity index (χ2n) is 4.42. The number of amides is 1. The molecule has 0 atom stereocenters. The maximum atomic E-state index is 12.3. The lowest BCUT2D eigenvalue weighted by Gasteiger charge is -2.16. The van der Waals surface area contributed by atoms with Gasteiger partial charge in [-0.2, -0.15) is 0 Å². The van der Waals surface area contributed by atoms with Crippen molar-refractivity contribution in [1.29, 1.82) is 0 Å². The molecule has 1 aliphatic rings. The Labute approximate surface area is 106 Å². The highest BCUT2D eigenvalue weighted by Crippen LogP contribution is 2.28. The van der Waals surface area contributed by atoms with Gasteiger partial charge in [-0.05, 0) is 29.3 Å². The van der Waals surface area contributed by atoms with Crippen molar-refractivity contribution in [2.75, 3.05) is 4.90 Å². The molecule has 3 rings (SSSR count). The maximum absolute atomic E-state index is 12.3. The number of nitrogens with two attached hydrogens (primary N) is 1. The highest BCUT2D eigenvalue weighted by atomic mass is 16.2. The van der Waals surface area contributed by atoms with Gasteiger partial charge < -0.3 is 10.6 Å². The van der Waals surface area contributed by atoms with Gasteiger partial charge in [0.2, 0.25) is 0 Å². The molecule has 1 amide bonds. The Balaban J connectivity index is 1.98. The summed E-state index contributed by atoms with van der Waals surface area (Å²) in [7, 11) is 0. The Hall–Kier alpha value is -2.13. The standard InChI is InChI=1S/C15H14N2O/c16-9-11-4-3-6-13(8-11)17-10-12-5-1-2-7-14(12)15(17)18/h1-8H,9-10,16H2. The van der Waals surface area contributed by atoms with Crippen LogP contribution in [0.1, 0.15) is 21.5 Å². The number of carbonyl (C=O) groups excluding carboxylic acids is 1. The first-order chi connectivity index (χ1) is 8.79. The highest BCUT2D eigenvalue weighted by Gasteiger charge is 2.27. The fourth-order valence-electron chi connectivity index (χ4n) is 2.31. The van der Waals surface area contributed by atoms with Crippen LogP contribution in [0.4, 0.5) is 5.69 Å². The van der Waals surface area contributed by atoms with Crippen LogP contribution in [0.3, 0.4) is 0 Å². The fraction of sp³-hybridized carbons (Fsp3) is 0.133. The zero-order valence-corrected chi connectivity index (χ0v) is 9.97. The molecule has 18 heavy (non-hydrogen) atoms. The maximum Gasteiger partial charge on any atom is 0.258 e. The number of rotatable bonds is 2. The van der Waals surface area contributed by atoms with Crippen molar-refractivity contribution in [2.45, 2.75) is 13.1 Å². The summed E-state index contributed by atoms with van der Waals surface area (Å²) < 4.78 is 0. The van der Waals surface area contributed by atoms with Crippen LogP contribution in [0.2, 0.25) is 0 Å². The summed E-state index contributed by atoms with van der Waals surface area (Å²) in [5, 5.41) is 0. The summed E-state index contributed by atoms with van der Waals surface area (Å²) in [6.45, 7) is 1.13. The molecule has 1 aliphatic heterocycles. The lowest BCUT2D eigenvalue weighted by atomic mass is 10.1. The molecular formula is C15H14N2O. The van der Waals surface area contributed by atoms with Gasteiger partial charge in [0.15, 0.2) is 0 Å². The third kappa shape index (κ3) is 1.69. The fourth-order valence-corrected chi connectivity index (χ4v) is 2.31. The van der Waals surface area contributed by atoms with Crippen molar-refractivity contribution in [3.8, 4) is 0 Å². The SMILES string of the molecule is NCc1cccc(N2Cc3ccccc3C2=O)c1. The van der Waals surface area contributed by atoms with Crippen LogP contribution in [-0.2, 0) is 13.1 Å². The Morgan fingerprint density at radius 3 is 2.72 bits per heavy atom. The van der Waals surface area contributed by atoms with Gasteiger partial charge in [-0.15, -0.1) is 0 Å². The molecule has 0 aliphatic carbocycles. The van der Waals surface area contributed by atoms with E-state index < -0.39 is 0 Å². The number of fused-ring (bicyclic) bond motifs is 1. The van der Waals surface area contributed by atoms with Crippen LogP contribution in [0, 0.1) is 0 Å². The average Bonchev–Trinajstić information content (AvgIpc) is 2.77. The number of benzene rings is 2. The summed E-state index contributed by atoms with van der Waals surface area (Å²) in [4.78, 5) is 14.1. The third-order valence-electron chi connectivity index (χ3n) is 3.28. The molecule has 0 spiro atoms. The van der Waals surface area contributed by atoms with Crippen molar-refractivity contribution < 1.29 is 4.79 Å². The minimum absolute atomic E-state index is 0.0692. The van der Waals surface area contributed by atoms with Crippen LogP contribution in [0.15, 0.2) is 48.5 Å². The first-order valence-corrected chi connectivity index (χ1v) is 5.98. The van der Waals surface area contributed by atoms with Gasteiger partial charge in [0, 0.05) is 17.8 Å². The van der Waals surface area contributed by atoms with Crippen molar-refractivity contribution in [3.63, 3.8) is 0 Å². The van der Waals surface area contributed by atoms with E-state index in [1.807, 2.05) is 48.5 Å². The van der Waals surface area contributed by atoms with E-state index in [0.717, 1.165) is 22.4 Å². The Kier molecular flexibility index (Phi) is 2.61. The molecule has 0 unspecified atom stereocenters. The quantitative estimate of drug-likeness (QED) is 0.872. The molecule has 1 heterocycles. The van der Waals surface area contributed by atoms with E-state index in [4.69, 9.17) is 5.73 Å². The number of hydrogen-bond donors (Lipinski definition) is 1. The van der Waals surface area contributed by atoms with E-state index in [-0.39, 0.29) is 5.91 Å². The molecule has 3 heteroatoms. The largest absolute Gasteiger partial charge is 0.326 e. The summed E-state index contributed by atoms with van der Waals surface area (Å²) in [5.74, 6) is 0.0692. The van der Waals surface area contributed by atoms with Gasteiger partial charge in [-0.25, -0.2) is 0 Å². The minimum Gasteiger partial charge on any atom is -0.326 e. The van der Waals surface area contributed by atoms with Gasteiger partial charge >= 0.3 is 0 Å². The van der Waals surface area contributed by atoms with Crippen molar-refractivity contribution in [2.24, 2.45) is 5.73 Å². The Morgan fingerprint density at radius 2 is 1.94 bits per heavy atom. The summed E-state index contributed by atoms with van der Waals surface area (Å²) in [6, 6.07) is 15.6. The number of hydrogen-bond acceptors (Lipinski definition) is 2. The number of anilines is 1. The molecule has 2 aromatic carbocycles. The summed E-state index contributed by atoms with van der Waals surface area (Å²) in [6.07, 6.45) is 0. The van der Waals surface area contributed by atoms with Crippen molar-refractivity contribution >= 4 is 11.6 Å². The topological polar surface area (TPSA) is 46.3 Å². The molecule has 2 N–H and O–H groups in total. The molecule has 0 aromatic heterocycles. The minimum atomic E-state index is 0.0692. The van der Waals surface area contributed by atoms with E-state index in [9.17, 15) is 4.79 Å². The van der Waals surface area contributed by atoms with Crippen LogP contribution >= 0.6 is 0 Å². The lowest BCUT2D eigenvalue weighted by molar-refractivity contribution is 0.0996. The molecule has 3 nitrogen and oxygen atoms in total. The molecule has 0 saturated heterocycles. The monoisotopic (exact) mass is 238 g/mol. The van der Waals surface area contributed by atoms with E-state index in [2.05, 4.69) is 0 Å². The second kappa shape index (κ2) is 4.27. The molecule has 0 saturated carbocycles. The lowest BCUT2D eigenvalue weighted by Crippen LogP contribution is -2.23.